The van der Waals surface area contributed by atoms with Crippen LogP contribution in [0.25, 0.3) is 0 Å². The van der Waals surface area contributed by atoms with E-state index in [1.165, 1.54) is 25.6 Å². The number of amides is 1. The number of hydrogen-bond acceptors (Lipinski definition) is 6. The van der Waals surface area contributed by atoms with Crippen LogP contribution in [-0.2, 0) is 16.0 Å². The average molecular weight is 613 g/mol. The number of benzene rings is 3. The second kappa shape index (κ2) is 16.4. The van der Waals surface area contributed by atoms with Crippen molar-refractivity contribution in [2.24, 2.45) is 5.92 Å². The van der Waals surface area contributed by atoms with E-state index in [4.69, 9.17) is 4.74 Å². The van der Waals surface area contributed by atoms with Gasteiger partial charge in [0, 0.05) is 60.9 Å². The molecule has 0 aliphatic carbocycles. The highest BCUT2D eigenvalue weighted by Gasteiger charge is 2.29. The number of esters is 1. The number of carbonyl (C=O) groups excluding carboxylic acids is 2. The van der Waals surface area contributed by atoms with E-state index in [2.05, 4.69) is 85.5 Å². The number of rotatable bonds is 15. The van der Waals surface area contributed by atoms with E-state index in [-0.39, 0.29) is 17.9 Å². The molecule has 45 heavy (non-hydrogen) atoms. The van der Waals surface area contributed by atoms with Crippen LogP contribution in [0, 0.1) is 5.92 Å². The molecule has 0 saturated heterocycles. The van der Waals surface area contributed by atoms with Gasteiger partial charge in [0.2, 0.25) is 0 Å². The molecule has 4 rings (SSSR count). The summed E-state index contributed by atoms with van der Waals surface area (Å²) in [5.74, 6) is 0.412. The van der Waals surface area contributed by atoms with Crippen molar-refractivity contribution in [1.82, 2.24) is 0 Å². The molecule has 0 radical (unpaired) electrons. The van der Waals surface area contributed by atoms with Gasteiger partial charge in [0.25, 0.3) is 5.91 Å². The highest BCUT2D eigenvalue weighted by molar-refractivity contribution is 6.04. The SMILES string of the molecule is CCCN(CCC(C)CC)c1ccc(NC2CC(C)N(C)c3ccc(C(=O)Nc4ccc(CCCC(=O)OC)cc4)cc32)cc1. The van der Waals surface area contributed by atoms with E-state index in [9.17, 15) is 9.59 Å². The maximum Gasteiger partial charge on any atom is 0.305 e. The van der Waals surface area contributed by atoms with E-state index in [1.807, 2.05) is 36.4 Å². The van der Waals surface area contributed by atoms with E-state index in [0.717, 1.165) is 72.9 Å². The molecule has 3 unspecified atom stereocenters. The summed E-state index contributed by atoms with van der Waals surface area (Å²) in [6.45, 7) is 11.2. The Morgan fingerprint density at radius 1 is 1.00 bits per heavy atom. The summed E-state index contributed by atoms with van der Waals surface area (Å²) in [5, 5.41) is 6.85. The maximum absolute atomic E-state index is 13.3. The first-order chi connectivity index (χ1) is 21.7. The Bertz CT molecular complexity index is 1390. The molecule has 3 aromatic carbocycles. The zero-order valence-corrected chi connectivity index (χ0v) is 28.1. The number of methoxy groups -OCH3 is 1. The fraction of sp³-hybridized carbons (Fsp3) is 0.474. The van der Waals surface area contributed by atoms with Crippen molar-refractivity contribution in [3.05, 3.63) is 83.4 Å². The molecule has 3 aromatic rings. The Hall–Kier alpha value is -4.00. The molecule has 0 saturated carbocycles. The predicted molar refractivity (Wildman–Crippen MR) is 188 cm³/mol. The van der Waals surface area contributed by atoms with Crippen LogP contribution in [0.5, 0.6) is 0 Å². The minimum Gasteiger partial charge on any atom is -0.469 e. The molecule has 1 heterocycles. The normalized spacial score (nSPS) is 16.4. The molecule has 242 valence electrons. The topological polar surface area (TPSA) is 73.9 Å². The van der Waals surface area contributed by atoms with Gasteiger partial charge in [-0.2, -0.15) is 0 Å². The first-order valence-corrected chi connectivity index (χ1v) is 16.7. The van der Waals surface area contributed by atoms with Crippen LogP contribution in [0.1, 0.15) is 93.7 Å². The molecule has 7 nitrogen and oxygen atoms in total. The average Bonchev–Trinajstić information content (AvgIpc) is 3.06. The van der Waals surface area contributed by atoms with Gasteiger partial charge in [-0.25, -0.2) is 0 Å². The standard InChI is InChI=1S/C38H52N4O3/c1-7-23-42(24-22-27(3)8-2)33-19-17-31(18-20-33)39-35-25-28(4)41(5)36-21-14-30(26-34(35)36)38(44)40-32-15-12-29(13-16-32)10-9-11-37(43)45-6/h12-21,26-28,35,39H,7-11,22-25H2,1-6H3,(H,40,44). The Balaban J connectivity index is 1.45. The lowest BCUT2D eigenvalue weighted by atomic mass is 9.90. The number of nitrogens with zero attached hydrogens (tertiary/aromatic N) is 2. The predicted octanol–water partition coefficient (Wildman–Crippen LogP) is 8.47. The van der Waals surface area contributed by atoms with Crippen LogP contribution >= 0.6 is 0 Å². The van der Waals surface area contributed by atoms with E-state index < -0.39 is 0 Å². The van der Waals surface area contributed by atoms with Gasteiger partial charge in [-0.15, -0.1) is 0 Å². The van der Waals surface area contributed by atoms with Gasteiger partial charge < -0.3 is 25.2 Å². The fourth-order valence-electron chi connectivity index (χ4n) is 5.98. The van der Waals surface area contributed by atoms with Crippen molar-refractivity contribution < 1.29 is 14.3 Å². The largest absolute Gasteiger partial charge is 0.469 e. The zero-order valence-electron chi connectivity index (χ0n) is 28.1. The van der Waals surface area contributed by atoms with Crippen LogP contribution in [0.4, 0.5) is 22.7 Å². The van der Waals surface area contributed by atoms with Gasteiger partial charge in [-0.3, -0.25) is 9.59 Å². The first-order valence-electron chi connectivity index (χ1n) is 16.7. The summed E-state index contributed by atoms with van der Waals surface area (Å²) in [4.78, 5) is 29.5. The highest BCUT2D eigenvalue weighted by Crippen LogP contribution is 2.39. The zero-order chi connectivity index (χ0) is 32.3. The Morgan fingerprint density at radius 3 is 2.38 bits per heavy atom. The van der Waals surface area contributed by atoms with Crippen LogP contribution < -0.4 is 20.4 Å². The third kappa shape index (κ3) is 9.25. The van der Waals surface area contributed by atoms with Crippen LogP contribution in [-0.4, -0.2) is 45.2 Å². The molecule has 1 amide bonds. The number of carbonyl (C=O) groups is 2. The third-order valence-electron chi connectivity index (χ3n) is 9.22. The van der Waals surface area contributed by atoms with Crippen LogP contribution in [0.15, 0.2) is 66.7 Å². The minimum atomic E-state index is -0.193. The van der Waals surface area contributed by atoms with Gasteiger partial charge in [0.1, 0.15) is 0 Å². The maximum atomic E-state index is 13.3. The Labute approximate surface area is 270 Å². The summed E-state index contributed by atoms with van der Waals surface area (Å²) in [5.41, 5.74) is 7.15. The smallest absolute Gasteiger partial charge is 0.305 e. The van der Waals surface area contributed by atoms with Crippen molar-refractivity contribution in [2.45, 2.75) is 84.7 Å². The molecule has 1 aliphatic heterocycles. The quantitative estimate of drug-likeness (QED) is 0.168. The molecule has 0 aromatic heterocycles. The van der Waals surface area contributed by atoms with Gasteiger partial charge in [-0.1, -0.05) is 39.3 Å². The summed E-state index contributed by atoms with van der Waals surface area (Å²) < 4.78 is 4.72. The van der Waals surface area contributed by atoms with Gasteiger partial charge in [0.05, 0.1) is 13.2 Å². The Kier molecular flexibility index (Phi) is 12.3. The van der Waals surface area contributed by atoms with Crippen molar-refractivity contribution in [2.75, 3.05) is 47.7 Å². The molecular formula is C38H52N4O3. The first kappa shape index (κ1) is 33.9. The Morgan fingerprint density at radius 2 is 1.71 bits per heavy atom. The van der Waals surface area contributed by atoms with Crippen LogP contribution in [0.3, 0.4) is 0 Å². The van der Waals surface area contributed by atoms with E-state index >= 15 is 0 Å². The highest BCUT2D eigenvalue weighted by atomic mass is 16.5. The van der Waals surface area contributed by atoms with Crippen molar-refractivity contribution in [1.29, 1.82) is 0 Å². The third-order valence-corrected chi connectivity index (χ3v) is 9.22. The molecule has 3 atom stereocenters. The fourth-order valence-corrected chi connectivity index (χ4v) is 5.98. The van der Waals surface area contributed by atoms with E-state index in [0.29, 0.717) is 18.0 Å². The van der Waals surface area contributed by atoms with Crippen LogP contribution in [0.2, 0.25) is 0 Å². The molecule has 0 spiro atoms. The minimum absolute atomic E-state index is 0.0891. The number of hydrogen-bond donors (Lipinski definition) is 2. The lowest BCUT2D eigenvalue weighted by molar-refractivity contribution is -0.140. The second-order valence-electron chi connectivity index (χ2n) is 12.6. The summed E-state index contributed by atoms with van der Waals surface area (Å²) >= 11 is 0. The molecule has 1 aliphatic rings. The summed E-state index contributed by atoms with van der Waals surface area (Å²) in [7, 11) is 3.54. The van der Waals surface area contributed by atoms with Gasteiger partial charge >= 0.3 is 5.97 Å². The molecular weight excluding hydrogens is 560 g/mol. The molecule has 0 fully saturated rings. The number of fused-ring (bicyclic) bond motifs is 1. The van der Waals surface area contributed by atoms with Gasteiger partial charge in [-0.05, 0) is 111 Å². The second-order valence-corrected chi connectivity index (χ2v) is 12.6. The van der Waals surface area contributed by atoms with Crippen molar-refractivity contribution >= 4 is 34.6 Å². The monoisotopic (exact) mass is 612 g/mol. The lowest BCUT2D eigenvalue weighted by Gasteiger charge is -2.39. The number of aryl methyl sites for hydroxylation is 1. The number of anilines is 4. The van der Waals surface area contributed by atoms with Gasteiger partial charge in [0.15, 0.2) is 0 Å². The van der Waals surface area contributed by atoms with E-state index in [1.54, 1.807) is 0 Å². The summed E-state index contributed by atoms with van der Waals surface area (Å²) in [6.07, 6.45) is 6.41. The molecule has 2 N–H and O–H groups in total. The summed E-state index contributed by atoms with van der Waals surface area (Å²) in [6, 6.07) is 23.2. The number of ether oxygens (including phenoxy) is 1. The van der Waals surface area contributed by atoms with Crippen molar-refractivity contribution in [3.8, 4) is 0 Å². The van der Waals surface area contributed by atoms with Crippen molar-refractivity contribution in [3.63, 3.8) is 0 Å². The lowest BCUT2D eigenvalue weighted by Crippen LogP contribution is -2.37. The number of nitrogens with one attached hydrogen (secondary N) is 2. The molecule has 7 heteroatoms. The molecule has 0 bridgehead atoms.